The molecule has 0 unspecified atom stereocenters. The number of nitrogens with zero attached hydrogens (tertiary/aromatic N) is 1. The summed E-state index contributed by atoms with van der Waals surface area (Å²) in [5.41, 5.74) is 5.09. The van der Waals surface area contributed by atoms with Gasteiger partial charge in [0, 0.05) is 14.0 Å². The minimum atomic E-state index is -1.36. The number of rotatable bonds is 6. The van der Waals surface area contributed by atoms with Crippen molar-refractivity contribution >= 4 is 20.1 Å². The van der Waals surface area contributed by atoms with Crippen molar-refractivity contribution in [3.8, 4) is 0 Å². The minimum absolute atomic E-state index is 0.0352. The van der Waals surface area contributed by atoms with Crippen molar-refractivity contribution in [2.24, 2.45) is 17.8 Å². The fraction of sp³-hybridized carbons (Fsp3) is 0.467. The first kappa shape index (κ1) is 25.4. The van der Waals surface area contributed by atoms with Gasteiger partial charge in [-0.25, -0.2) is 9.69 Å². The van der Waals surface area contributed by atoms with Gasteiger partial charge in [-0.05, 0) is 42.4 Å². The van der Waals surface area contributed by atoms with Gasteiger partial charge in [-0.1, -0.05) is 105 Å². The predicted octanol–water partition coefficient (Wildman–Crippen LogP) is 6.92. The third-order valence-corrected chi connectivity index (χ3v) is 9.36. The molecule has 2 amide bonds. The Morgan fingerprint density at radius 2 is 1.60 bits per heavy atom. The largest absolute Gasteiger partial charge is 0.447 e. The van der Waals surface area contributed by atoms with Crippen LogP contribution in [0.2, 0.25) is 25.7 Å². The van der Waals surface area contributed by atoms with Crippen LogP contribution in [0.4, 0.5) is 4.79 Å². The number of ether oxygens (including phenoxy) is 1. The van der Waals surface area contributed by atoms with E-state index in [-0.39, 0.29) is 36.3 Å². The number of hydrogen-bond acceptors (Lipinski definition) is 3. The number of cyclic esters (lactones) is 1. The van der Waals surface area contributed by atoms with E-state index >= 15 is 0 Å². The second kappa shape index (κ2) is 10.1. The summed E-state index contributed by atoms with van der Waals surface area (Å²) >= 11 is 0. The molecule has 2 aromatic carbocycles. The lowest BCUT2D eigenvalue weighted by atomic mass is 9.63. The van der Waals surface area contributed by atoms with E-state index in [1.165, 1.54) is 16.0 Å². The smallest absolute Gasteiger partial charge is 0.416 e. The van der Waals surface area contributed by atoms with Gasteiger partial charge in [-0.2, -0.15) is 0 Å². The standard InChI is InChI=1S/C30H39NO3Si/c1-20-21(2)28(27(24-15-11-8-12-16-24)22(3)26(20)19-35(4,5)6)29(32)31-25(18-34-30(31)33)17-23-13-9-7-10-14-23/h7-16,20-21,25,27-28H,17-19H2,1-6H3/t20-,21+,25+,27+,28-/m0/s1. The first-order valence-corrected chi connectivity index (χ1v) is 16.6. The van der Waals surface area contributed by atoms with Crippen LogP contribution in [0.25, 0.3) is 0 Å². The first-order valence-electron chi connectivity index (χ1n) is 12.9. The molecule has 0 N–H and O–H groups in total. The van der Waals surface area contributed by atoms with Crippen molar-refractivity contribution in [1.29, 1.82) is 0 Å². The molecule has 4 rings (SSSR count). The molecule has 0 saturated carbocycles. The van der Waals surface area contributed by atoms with Crippen LogP contribution in [0.5, 0.6) is 0 Å². The van der Waals surface area contributed by atoms with Gasteiger partial charge in [0.25, 0.3) is 0 Å². The summed E-state index contributed by atoms with van der Waals surface area (Å²) in [4.78, 5) is 28.6. The summed E-state index contributed by atoms with van der Waals surface area (Å²) in [7, 11) is -1.36. The number of benzene rings is 2. The van der Waals surface area contributed by atoms with E-state index in [1.807, 2.05) is 48.5 Å². The lowest BCUT2D eigenvalue weighted by molar-refractivity contribution is -0.136. The number of hydrogen-bond donors (Lipinski definition) is 0. The normalized spacial score (nSPS) is 27.2. The molecule has 1 aliphatic carbocycles. The average Bonchev–Trinajstić information content (AvgIpc) is 3.18. The topological polar surface area (TPSA) is 46.6 Å². The van der Waals surface area contributed by atoms with Gasteiger partial charge in [0.05, 0.1) is 12.0 Å². The first-order chi connectivity index (χ1) is 16.6. The van der Waals surface area contributed by atoms with Crippen molar-refractivity contribution in [3.63, 3.8) is 0 Å². The molecule has 35 heavy (non-hydrogen) atoms. The third kappa shape index (κ3) is 5.30. The molecule has 0 radical (unpaired) electrons. The SMILES string of the molecule is CC1=C(C[Si](C)(C)C)[C@@H](C)[C@@H](C)[C@H](C(=O)N2C(=O)OC[C@H]2Cc2ccccc2)[C@H]1c1ccccc1. The van der Waals surface area contributed by atoms with E-state index < -0.39 is 14.2 Å². The van der Waals surface area contributed by atoms with Crippen LogP contribution in [0.15, 0.2) is 71.8 Å². The highest BCUT2D eigenvalue weighted by Gasteiger charge is 2.49. The highest BCUT2D eigenvalue weighted by molar-refractivity contribution is 6.76. The number of allylic oxidation sites excluding steroid dienone is 2. The molecule has 0 bridgehead atoms. The van der Waals surface area contributed by atoms with E-state index in [0.717, 1.165) is 17.2 Å². The van der Waals surface area contributed by atoms with Gasteiger partial charge in [0.15, 0.2) is 0 Å². The zero-order valence-corrected chi connectivity index (χ0v) is 23.0. The third-order valence-electron chi connectivity index (χ3n) is 7.91. The number of carbonyl (C=O) groups excluding carboxylic acids is 2. The predicted molar refractivity (Wildman–Crippen MR) is 144 cm³/mol. The van der Waals surface area contributed by atoms with E-state index in [2.05, 4.69) is 52.5 Å². The Labute approximate surface area is 211 Å². The van der Waals surface area contributed by atoms with E-state index in [4.69, 9.17) is 4.74 Å². The second-order valence-corrected chi connectivity index (χ2v) is 17.1. The van der Waals surface area contributed by atoms with Crippen LogP contribution in [-0.2, 0) is 16.0 Å². The molecule has 5 atom stereocenters. The molecule has 4 nitrogen and oxygen atoms in total. The maximum atomic E-state index is 14.3. The quantitative estimate of drug-likeness (QED) is 0.327. The van der Waals surface area contributed by atoms with Crippen molar-refractivity contribution in [2.45, 2.75) is 64.8 Å². The Morgan fingerprint density at radius 1 is 1.00 bits per heavy atom. The summed E-state index contributed by atoms with van der Waals surface area (Å²) in [6.45, 7) is 14.2. The van der Waals surface area contributed by atoms with Gasteiger partial charge >= 0.3 is 6.09 Å². The molecule has 2 aliphatic rings. The zero-order chi connectivity index (χ0) is 25.3. The maximum Gasteiger partial charge on any atom is 0.416 e. The van der Waals surface area contributed by atoms with Crippen molar-refractivity contribution in [3.05, 3.63) is 82.9 Å². The monoisotopic (exact) mass is 489 g/mol. The van der Waals surface area contributed by atoms with Gasteiger partial charge in [0.1, 0.15) is 6.61 Å². The molecule has 1 heterocycles. The van der Waals surface area contributed by atoms with Crippen LogP contribution in [0.3, 0.4) is 0 Å². The lowest BCUT2D eigenvalue weighted by Crippen LogP contribution is -2.49. The molecule has 5 heteroatoms. The van der Waals surface area contributed by atoms with E-state index in [1.54, 1.807) is 0 Å². The number of amides is 2. The summed E-state index contributed by atoms with van der Waals surface area (Å²) in [5.74, 6) is -0.0165. The van der Waals surface area contributed by atoms with E-state index in [9.17, 15) is 9.59 Å². The van der Waals surface area contributed by atoms with Crippen molar-refractivity contribution in [2.75, 3.05) is 6.61 Å². The highest BCUT2D eigenvalue weighted by Crippen LogP contribution is 2.50. The molecule has 1 fully saturated rings. The maximum absolute atomic E-state index is 14.3. The zero-order valence-electron chi connectivity index (χ0n) is 22.0. The second-order valence-electron chi connectivity index (χ2n) is 11.6. The Bertz CT molecular complexity index is 1090. The van der Waals surface area contributed by atoms with Gasteiger partial charge < -0.3 is 4.74 Å². The van der Waals surface area contributed by atoms with Crippen LogP contribution in [-0.4, -0.2) is 37.6 Å². The van der Waals surface area contributed by atoms with Gasteiger partial charge in [0.2, 0.25) is 5.91 Å². The number of carbonyl (C=O) groups is 2. The summed E-state index contributed by atoms with van der Waals surface area (Å²) in [6, 6.07) is 21.3. The molecule has 1 saturated heterocycles. The molecular formula is C30H39NO3Si. The fourth-order valence-corrected chi connectivity index (χ4v) is 7.79. The molecule has 0 aromatic heterocycles. The highest BCUT2D eigenvalue weighted by atomic mass is 28.3. The van der Waals surface area contributed by atoms with Crippen LogP contribution in [0, 0.1) is 17.8 Å². The average molecular weight is 490 g/mol. The fourth-order valence-electron chi connectivity index (χ4n) is 6.04. The van der Waals surface area contributed by atoms with Crippen LogP contribution >= 0.6 is 0 Å². The minimum Gasteiger partial charge on any atom is -0.447 e. The van der Waals surface area contributed by atoms with Gasteiger partial charge in [-0.15, -0.1) is 0 Å². The summed E-state index contributed by atoms with van der Waals surface area (Å²) < 4.78 is 5.44. The lowest BCUT2D eigenvalue weighted by Gasteiger charge is -2.44. The Balaban J connectivity index is 1.74. The molecule has 186 valence electrons. The van der Waals surface area contributed by atoms with Crippen LogP contribution < -0.4 is 0 Å². The Morgan fingerprint density at radius 3 is 2.20 bits per heavy atom. The number of imide groups is 1. The Hall–Kier alpha value is -2.66. The van der Waals surface area contributed by atoms with Crippen LogP contribution in [0.1, 0.15) is 37.8 Å². The summed E-state index contributed by atoms with van der Waals surface area (Å²) in [5, 5.41) is 0. The summed E-state index contributed by atoms with van der Waals surface area (Å²) in [6.07, 6.45) is 0.109. The van der Waals surface area contributed by atoms with Crippen molar-refractivity contribution in [1.82, 2.24) is 4.90 Å². The van der Waals surface area contributed by atoms with Crippen molar-refractivity contribution < 1.29 is 14.3 Å². The molecule has 0 spiro atoms. The molecular weight excluding hydrogens is 450 g/mol. The molecule has 1 aliphatic heterocycles. The van der Waals surface area contributed by atoms with Gasteiger partial charge in [-0.3, -0.25) is 4.79 Å². The Kier molecular flexibility index (Phi) is 7.37. The van der Waals surface area contributed by atoms with E-state index in [0.29, 0.717) is 12.3 Å². The molecule has 2 aromatic rings.